The van der Waals surface area contributed by atoms with Crippen LogP contribution in [0.1, 0.15) is 37.3 Å². The molecule has 0 aliphatic rings. The van der Waals surface area contributed by atoms with Gasteiger partial charge in [-0.15, -0.1) is 18.2 Å². The summed E-state index contributed by atoms with van der Waals surface area (Å²) in [7, 11) is 0. The van der Waals surface area contributed by atoms with Crippen molar-refractivity contribution in [3.8, 4) is 0 Å². The zero-order valence-corrected chi connectivity index (χ0v) is 10.3. The van der Waals surface area contributed by atoms with Gasteiger partial charge in [0.15, 0.2) is 0 Å². The number of hydrogen-bond acceptors (Lipinski definition) is 0. The van der Waals surface area contributed by atoms with E-state index in [0.717, 1.165) is 19.3 Å². The molecule has 0 heterocycles. The summed E-state index contributed by atoms with van der Waals surface area (Å²) in [5, 5.41) is 0. The summed E-state index contributed by atoms with van der Waals surface area (Å²) in [4.78, 5) is -0.223. The van der Waals surface area contributed by atoms with Gasteiger partial charge in [0.1, 0.15) is 0 Å². The molecule has 1 rings (SSSR count). The number of rotatable bonds is 5. The molecule has 1 atom stereocenters. The van der Waals surface area contributed by atoms with Gasteiger partial charge in [0.25, 0.3) is 0 Å². The number of halogens is 1. The van der Waals surface area contributed by atoms with Crippen molar-refractivity contribution in [1.82, 2.24) is 0 Å². The molecule has 0 saturated carbocycles. The largest absolute Gasteiger partial charge is 0.114 e. The van der Waals surface area contributed by atoms with Crippen molar-refractivity contribution < 1.29 is 0 Å². The molecule has 1 unspecified atom stereocenters. The number of hydrogen-bond donors (Lipinski definition) is 0. The van der Waals surface area contributed by atoms with Crippen molar-refractivity contribution in [2.24, 2.45) is 0 Å². The first-order valence-corrected chi connectivity index (χ1v) is 5.88. The summed E-state index contributed by atoms with van der Waals surface area (Å²) >= 11 is 6.69. The molecule has 1 aromatic carbocycles. The maximum Gasteiger partial charge on any atom is 0.0697 e. The molecule has 1 aromatic rings. The Kier molecular flexibility index (Phi) is 4.41. The lowest BCUT2D eigenvalue weighted by molar-refractivity contribution is 0.540. The monoisotopic (exact) mass is 222 g/mol. The molecule has 0 bridgehead atoms. The van der Waals surface area contributed by atoms with Crippen LogP contribution in [-0.2, 0) is 4.87 Å². The highest BCUT2D eigenvalue weighted by atomic mass is 35.5. The number of allylic oxidation sites excluding steroid dienone is 1. The van der Waals surface area contributed by atoms with Crippen LogP contribution in [0, 0.1) is 6.92 Å². The summed E-state index contributed by atoms with van der Waals surface area (Å²) in [6.45, 7) is 8.02. The second-order valence-electron chi connectivity index (χ2n) is 3.96. The van der Waals surface area contributed by atoms with Crippen LogP contribution in [0.15, 0.2) is 36.9 Å². The van der Waals surface area contributed by atoms with Crippen molar-refractivity contribution in [2.75, 3.05) is 0 Å². The van der Waals surface area contributed by atoms with Gasteiger partial charge in [0.05, 0.1) is 4.87 Å². The normalized spacial score (nSPS) is 14.6. The fraction of sp³-hybridized carbons (Fsp3) is 0.429. The van der Waals surface area contributed by atoms with E-state index in [4.69, 9.17) is 11.6 Å². The van der Waals surface area contributed by atoms with Crippen LogP contribution in [0.4, 0.5) is 0 Å². The van der Waals surface area contributed by atoms with Gasteiger partial charge in [-0.25, -0.2) is 0 Å². The molecule has 0 aliphatic carbocycles. The average molecular weight is 223 g/mol. The summed E-state index contributed by atoms with van der Waals surface area (Å²) < 4.78 is 0. The van der Waals surface area contributed by atoms with Crippen molar-refractivity contribution in [1.29, 1.82) is 0 Å². The van der Waals surface area contributed by atoms with Crippen LogP contribution in [0.5, 0.6) is 0 Å². The fourth-order valence-corrected chi connectivity index (χ4v) is 2.23. The SMILES string of the molecule is C=CCCC(Cl)(CC)c1ccccc1C. The third kappa shape index (κ3) is 2.85. The summed E-state index contributed by atoms with van der Waals surface area (Å²) in [5.74, 6) is 0. The van der Waals surface area contributed by atoms with Gasteiger partial charge in [-0.2, -0.15) is 0 Å². The predicted octanol–water partition coefficient (Wildman–Crippen LogP) is 4.81. The lowest BCUT2D eigenvalue weighted by atomic mass is 9.88. The van der Waals surface area contributed by atoms with E-state index in [1.165, 1.54) is 11.1 Å². The first kappa shape index (κ1) is 12.3. The first-order valence-electron chi connectivity index (χ1n) is 5.50. The smallest absolute Gasteiger partial charge is 0.0697 e. The molecule has 0 aliphatic heterocycles. The molecule has 0 saturated heterocycles. The van der Waals surface area contributed by atoms with Gasteiger partial charge in [-0.05, 0) is 37.3 Å². The molecule has 1 heteroatoms. The molecule has 0 spiro atoms. The second kappa shape index (κ2) is 5.37. The third-order valence-corrected chi connectivity index (χ3v) is 3.59. The van der Waals surface area contributed by atoms with E-state index >= 15 is 0 Å². The first-order chi connectivity index (χ1) is 7.14. The molecule has 15 heavy (non-hydrogen) atoms. The highest BCUT2D eigenvalue weighted by molar-refractivity contribution is 6.24. The molecule has 0 aromatic heterocycles. The van der Waals surface area contributed by atoms with E-state index in [2.05, 4.69) is 44.7 Å². The fourth-order valence-electron chi connectivity index (χ4n) is 1.91. The zero-order chi connectivity index (χ0) is 11.3. The molecular formula is C14H19Cl. The minimum absolute atomic E-state index is 0.223. The standard InChI is InChI=1S/C14H19Cl/c1-4-6-11-14(15,5-2)13-10-8-7-9-12(13)3/h4,7-10H,1,5-6,11H2,2-3H3. The van der Waals surface area contributed by atoms with Crippen LogP contribution < -0.4 is 0 Å². The van der Waals surface area contributed by atoms with Gasteiger partial charge in [0.2, 0.25) is 0 Å². The van der Waals surface area contributed by atoms with Crippen LogP contribution in [-0.4, -0.2) is 0 Å². The summed E-state index contributed by atoms with van der Waals surface area (Å²) in [5.41, 5.74) is 2.54. The molecule has 0 fully saturated rings. The lowest BCUT2D eigenvalue weighted by Crippen LogP contribution is -2.18. The average Bonchev–Trinajstić information content (AvgIpc) is 2.26. The predicted molar refractivity (Wildman–Crippen MR) is 68.4 cm³/mol. The van der Waals surface area contributed by atoms with Gasteiger partial charge >= 0.3 is 0 Å². The van der Waals surface area contributed by atoms with Gasteiger partial charge in [0, 0.05) is 0 Å². The van der Waals surface area contributed by atoms with Gasteiger partial charge in [-0.3, -0.25) is 0 Å². The minimum atomic E-state index is -0.223. The molecular weight excluding hydrogens is 204 g/mol. The van der Waals surface area contributed by atoms with Crippen molar-refractivity contribution in [3.05, 3.63) is 48.0 Å². The number of benzene rings is 1. The van der Waals surface area contributed by atoms with E-state index in [0.29, 0.717) is 0 Å². The van der Waals surface area contributed by atoms with Gasteiger partial charge < -0.3 is 0 Å². The Balaban J connectivity index is 2.99. The van der Waals surface area contributed by atoms with Crippen LogP contribution in [0.3, 0.4) is 0 Å². The van der Waals surface area contributed by atoms with E-state index < -0.39 is 0 Å². The van der Waals surface area contributed by atoms with Gasteiger partial charge in [-0.1, -0.05) is 37.3 Å². The zero-order valence-electron chi connectivity index (χ0n) is 9.59. The number of aryl methyl sites for hydroxylation is 1. The minimum Gasteiger partial charge on any atom is -0.114 e. The van der Waals surface area contributed by atoms with E-state index in [1.54, 1.807) is 0 Å². The van der Waals surface area contributed by atoms with Crippen molar-refractivity contribution >= 4 is 11.6 Å². The van der Waals surface area contributed by atoms with E-state index in [-0.39, 0.29) is 4.87 Å². The van der Waals surface area contributed by atoms with E-state index in [9.17, 15) is 0 Å². The molecule has 0 radical (unpaired) electrons. The maximum absolute atomic E-state index is 6.69. The summed E-state index contributed by atoms with van der Waals surface area (Å²) in [6.07, 6.45) is 4.81. The lowest BCUT2D eigenvalue weighted by Gasteiger charge is -2.27. The van der Waals surface area contributed by atoms with Crippen molar-refractivity contribution in [3.63, 3.8) is 0 Å². The Labute approximate surface area is 98.0 Å². The molecule has 0 N–H and O–H groups in total. The maximum atomic E-state index is 6.69. The van der Waals surface area contributed by atoms with Crippen LogP contribution >= 0.6 is 11.6 Å². The number of alkyl halides is 1. The van der Waals surface area contributed by atoms with Crippen LogP contribution in [0.2, 0.25) is 0 Å². The highest BCUT2D eigenvalue weighted by Gasteiger charge is 2.27. The summed E-state index contributed by atoms with van der Waals surface area (Å²) in [6, 6.07) is 8.37. The molecule has 0 nitrogen and oxygen atoms in total. The van der Waals surface area contributed by atoms with E-state index in [1.807, 2.05) is 6.08 Å². The Morgan fingerprint density at radius 2 is 2.07 bits per heavy atom. The second-order valence-corrected chi connectivity index (χ2v) is 4.68. The third-order valence-electron chi connectivity index (χ3n) is 2.93. The topological polar surface area (TPSA) is 0 Å². The molecule has 0 amide bonds. The Morgan fingerprint density at radius 1 is 1.40 bits per heavy atom. The Bertz CT molecular complexity index is 330. The Morgan fingerprint density at radius 3 is 2.60 bits per heavy atom. The van der Waals surface area contributed by atoms with Crippen molar-refractivity contribution in [2.45, 2.75) is 38.0 Å². The highest BCUT2D eigenvalue weighted by Crippen LogP contribution is 2.38. The Hall–Kier alpha value is -0.750. The van der Waals surface area contributed by atoms with Crippen LogP contribution in [0.25, 0.3) is 0 Å². The quantitative estimate of drug-likeness (QED) is 0.496. The molecule has 82 valence electrons.